The highest BCUT2D eigenvalue weighted by atomic mass is 32.2. The molecular weight excluding hydrogens is 294 g/mol. The summed E-state index contributed by atoms with van der Waals surface area (Å²) in [5.41, 5.74) is 6.06. The molecule has 2 heterocycles. The molecule has 0 radical (unpaired) electrons. The average molecular weight is 328 g/mol. The summed E-state index contributed by atoms with van der Waals surface area (Å²) in [6.07, 6.45) is 7.91. The van der Waals surface area contributed by atoms with Crippen LogP contribution in [0.15, 0.2) is 0 Å². The van der Waals surface area contributed by atoms with Crippen LogP contribution in [0.3, 0.4) is 0 Å². The molecule has 0 bridgehead atoms. The van der Waals surface area contributed by atoms with Crippen LogP contribution < -0.4 is 5.73 Å². The van der Waals surface area contributed by atoms with Gasteiger partial charge in [-0.25, -0.2) is 0 Å². The van der Waals surface area contributed by atoms with Gasteiger partial charge in [-0.15, -0.1) is 0 Å². The average Bonchev–Trinajstić information content (AvgIpc) is 2.54. The SMILES string of the molecule is CSCC[C@H](N)C(=O)N1CCCC(CN2CCC(C)CC2)C1. The summed E-state index contributed by atoms with van der Waals surface area (Å²) >= 11 is 1.76. The van der Waals surface area contributed by atoms with Crippen molar-refractivity contribution in [2.24, 2.45) is 17.6 Å². The van der Waals surface area contributed by atoms with Crippen molar-refractivity contribution in [3.63, 3.8) is 0 Å². The first-order chi connectivity index (χ1) is 10.6. The maximum Gasteiger partial charge on any atom is 0.239 e. The van der Waals surface area contributed by atoms with Gasteiger partial charge in [0.15, 0.2) is 0 Å². The van der Waals surface area contributed by atoms with Gasteiger partial charge in [0.05, 0.1) is 6.04 Å². The smallest absolute Gasteiger partial charge is 0.239 e. The maximum atomic E-state index is 12.5. The van der Waals surface area contributed by atoms with Crippen LogP contribution in [-0.4, -0.2) is 66.5 Å². The molecule has 2 aliphatic rings. The monoisotopic (exact) mass is 327 g/mol. The predicted molar refractivity (Wildman–Crippen MR) is 95.1 cm³/mol. The largest absolute Gasteiger partial charge is 0.341 e. The molecule has 0 aliphatic carbocycles. The Morgan fingerprint density at radius 2 is 2.00 bits per heavy atom. The molecule has 5 heteroatoms. The van der Waals surface area contributed by atoms with Crippen LogP contribution in [0.1, 0.15) is 39.0 Å². The van der Waals surface area contributed by atoms with E-state index in [0.717, 1.165) is 44.1 Å². The molecule has 0 saturated carbocycles. The summed E-state index contributed by atoms with van der Waals surface area (Å²) in [6, 6.07) is -0.304. The zero-order valence-electron chi connectivity index (χ0n) is 14.3. The number of carbonyl (C=O) groups excluding carboxylic acids is 1. The fourth-order valence-corrected chi connectivity index (χ4v) is 4.12. The Kier molecular flexibility index (Phi) is 7.51. The summed E-state index contributed by atoms with van der Waals surface area (Å²) in [6.45, 7) is 7.81. The van der Waals surface area contributed by atoms with Crippen molar-refractivity contribution in [1.82, 2.24) is 9.80 Å². The summed E-state index contributed by atoms with van der Waals surface area (Å²) in [7, 11) is 0. The Morgan fingerprint density at radius 1 is 1.27 bits per heavy atom. The van der Waals surface area contributed by atoms with Gasteiger partial charge in [0.1, 0.15) is 0 Å². The summed E-state index contributed by atoms with van der Waals surface area (Å²) in [5, 5.41) is 0. The second-order valence-corrected chi connectivity index (χ2v) is 8.15. The van der Waals surface area contributed by atoms with Crippen LogP contribution in [-0.2, 0) is 4.79 Å². The first-order valence-corrected chi connectivity index (χ1v) is 10.2. The fourth-order valence-electron chi connectivity index (χ4n) is 3.63. The Morgan fingerprint density at radius 3 is 2.68 bits per heavy atom. The van der Waals surface area contributed by atoms with E-state index in [9.17, 15) is 4.79 Å². The number of likely N-dealkylation sites (tertiary alicyclic amines) is 2. The van der Waals surface area contributed by atoms with Crippen molar-refractivity contribution in [3.05, 3.63) is 0 Å². The Hall–Kier alpha value is -0.260. The molecule has 1 unspecified atom stereocenters. The number of hydrogen-bond acceptors (Lipinski definition) is 4. The van der Waals surface area contributed by atoms with E-state index in [4.69, 9.17) is 5.73 Å². The van der Waals surface area contributed by atoms with Gasteiger partial charge in [-0.2, -0.15) is 11.8 Å². The van der Waals surface area contributed by atoms with Gasteiger partial charge in [-0.1, -0.05) is 6.92 Å². The van der Waals surface area contributed by atoms with E-state index in [0.29, 0.717) is 5.92 Å². The van der Waals surface area contributed by atoms with E-state index in [-0.39, 0.29) is 11.9 Å². The van der Waals surface area contributed by atoms with Crippen LogP contribution in [0, 0.1) is 11.8 Å². The lowest BCUT2D eigenvalue weighted by Gasteiger charge is -2.38. The van der Waals surface area contributed by atoms with Gasteiger partial charge < -0.3 is 15.5 Å². The van der Waals surface area contributed by atoms with Gasteiger partial charge in [0, 0.05) is 19.6 Å². The number of hydrogen-bond donors (Lipinski definition) is 1. The minimum absolute atomic E-state index is 0.172. The van der Waals surface area contributed by atoms with Crippen LogP contribution >= 0.6 is 11.8 Å². The molecule has 2 atom stereocenters. The number of nitrogens with zero attached hydrogens (tertiary/aromatic N) is 2. The third-order valence-electron chi connectivity index (χ3n) is 5.17. The molecule has 4 nitrogen and oxygen atoms in total. The van der Waals surface area contributed by atoms with Gasteiger partial charge in [-0.05, 0) is 69.0 Å². The molecule has 2 rings (SSSR count). The summed E-state index contributed by atoms with van der Waals surface area (Å²) < 4.78 is 0. The molecule has 22 heavy (non-hydrogen) atoms. The summed E-state index contributed by atoms with van der Waals surface area (Å²) in [4.78, 5) is 17.1. The number of amides is 1. The minimum atomic E-state index is -0.304. The molecule has 1 amide bonds. The molecule has 2 aliphatic heterocycles. The van der Waals surface area contributed by atoms with E-state index < -0.39 is 0 Å². The lowest BCUT2D eigenvalue weighted by atomic mass is 9.94. The number of rotatable bonds is 6. The zero-order valence-corrected chi connectivity index (χ0v) is 15.1. The second-order valence-electron chi connectivity index (χ2n) is 7.16. The van der Waals surface area contributed by atoms with Crippen LogP contribution in [0.2, 0.25) is 0 Å². The summed E-state index contributed by atoms with van der Waals surface area (Å²) in [5.74, 6) is 2.66. The van der Waals surface area contributed by atoms with Gasteiger partial charge in [-0.3, -0.25) is 4.79 Å². The van der Waals surface area contributed by atoms with E-state index in [2.05, 4.69) is 18.1 Å². The van der Waals surface area contributed by atoms with Gasteiger partial charge in [0.2, 0.25) is 5.91 Å². The number of piperidine rings is 2. The third-order valence-corrected chi connectivity index (χ3v) is 5.82. The van der Waals surface area contributed by atoms with Crippen molar-refractivity contribution in [1.29, 1.82) is 0 Å². The lowest BCUT2D eigenvalue weighted by Crippen LogP contribution is -2.50. The second kappa shape index (κ2) is 9.14. The maximum absolute atomic E-state index is 12.5. The van der Waals surface area contributed by atoms with E-state index in [1.165, 1.54) is 32.4 Å². The molecule has 2 N–H and O–H groups in total. The number of nitrogens with two attached hydrogens (primary N) is 1. The van der Waals surface area contributed by atoms with Crippen molar-refractivity contribution in [2.75, 3.05) is 44.7 Å². The van der Waals surface area contributed by atoms with Crippen molar-refractivity contribution >= 4 is 17.7 Å². The van der Waals surface area contributed by atoms with Crippen molar-refractivity contribution in [3.8, 4) is 0 Å². The molecule has 0 aromatic carbocycles. The lowest BCUT2D eigenvalue weighted by molar-refractivity contribution is -0.134. The van der Waals surface area contributed by atoms with Crippen molar-refractivity contribution in [2.45, 2.75) is 45.1 Å². The number of thioether (sulfide) groups is 1. The van der Waals surface area contributed by atoms with Gasteiger partial charge in [0.25, 0.3) is 0 Å². The van der Waals surface area contributed by atoms with Crippen molar-refractivity contribution < 1.29 is 4.79 Å². The van der Waals surface area contributed by atoms with Crippen LogP contribution in [0.25, 0.3) is 0 Å². The van der Waals surface area contributed by atoms with E-state index in [1.54, 1.807) is 11.8 Å². The standard InChI is InChI=1S/C17H33N3OS/c1-14-5-9-19(10-6-14)12-15-4-3-8-20(13-15)17(21)16(18)7-11-22-2/h14-16H,3-13,18H2,1-2H3/t15?,16-/m0/s1. The highest BCUT2D eigenvalue weighted by molar-refractivity contribution is 7.98. The van der Waals surface area contributed by atoms with Crippen LogP contribution in [0.5, 0.6) is 0 Å². The first kappa shape index (κ1) is 18.1. The molecule has 2 saturated heterocycles. The molecule has 0 aromatic rings. The molecule has 2 fully saturated rings. The fraction of sp³-hybridized carbons (Fsp3) is 0.941. The van der Waals surface area contributed by atoms with E-state index in [1.807, 2.05) is 4.90 Å². The number of carbonyl (C=O) groups is 1. The molecule has 128 valence electrons. The minimum Gasteiger partial charge on any atom is -0.341 e. The quantitative estimate of drug-likeness (QED) is 0.811. The highest BCUT2D eigenvalue weighted by Gasteiger charge is 2.28. The highest BCUT2D eigenvalue weighted by Crippen LogP contribution is 2.22. The topological polar surface area (TPSA) is 49.6 Å². The molecule has 0 spiro atoms. The zero-order chi connectivity index (χ0) is 15.9. The van der Waals surface area contributed by atoms with E-state index >= 15 is 0 Å². The Balaban J connectivity index is 1.77. The third kappa shape index (κ3) is 5.43. The van der Waals surface area contributed by atoms with Crippen LogP contribution in [0.4, 0.5) is 0 Å². The Labute approximate surface area is 140 Å². The molecule has 0 aromatic heterocycles. The Bertz CT molecular complexity index is 345. The normalized spacial score (nSPS) is 26.1. The first-order valence-electron chi connectivity index (χ1n) is 8.85. The predicted octanol–water partition coefficient (Wildman–Crippen LogP) is 2.04. The molecular formula is C17H33N3OS. The van der Waals surface area contributed by atoms with Gasteiger partial charge >= 0.3 is 0 Å².